The van der Waals surface area contributed by atoms with Gasteiger partial charge in [0.1, 0.15) is 16.8 Å². The first-order valence-electron chi connectivity index (χ1n) is 10.9. The molecule has 0 aliphatic carbocycles. The monoisotopic (exact) mass is 467 g/mol. The summed E-state index contributed by atoms with van der Waals surface area (Å²) in [6.07, 6.45) is 1.39. The first kappa shape index (κ1) is 24.4. The van der Waals surface area contributed by atoms with E-state index in [1.165, 1.54) is 10.5 Å². The first-order valence-corrected chi connectivity index (χ1v) is 12.3. The molecule has 2 fully saturated rings. The molecule has 0 aromatic carbocycles. The summed E-state index contributed by atoms with van der Waals surface area (Å²) in [5.74, 6) is 0.405. The van der Waals surface area contributed by atoms with Crippen LogP contribution in [0, 0.1) is 5.41 Å². The number of hydrogen-bond donors (Lipinski definition) is 1. The Hall–Kier alpha value is -2.24. The van der Waals surface area contributed by atoms with Crippen LogP contribution in [0.5, 0.6) is 0 Å². The van der Waals surface area contributed by atoms with Crippen LogP contribution < -0.4 is 10.2 Å². The predicted molar refractivity (Wildman–Crippen MR) is 120 cm³/mol. The number of pyridine rings is 1. The van der Waals surface area contributed by atoms with E-state index < -0.39 is 21.5 Å². The maximum atomic E-state index is 12.7. The van der Waals surface area contributed by atoms with Gasteiger partial charge in [-0.3, -0.25) is 9.59 Å². The highest BCUT2D eigenvalue weighted by Gasteiger charge is 2.30. The highest BCUT2D eigenvalue weighted by atomic mass is 32.2. The minimum Gasteiger partial charge on any atom is -0.379 e. The molecule has 1 unspecified atom stereocenters. The summed E-state index contributed by atoms with van der Waals surface area (Å²) < 4.78 is 32.1. The fourth-order valence-electron chi connectivity index (χ4n) is 3.55. The molecular formula is C21H33N5O5S. The van der Waals surface area contributed by atoms with Crippen molar-refractivity contribution in [3.63, 3.8) is 0 Å². The molecule has 1 N–H and O–H groups in total. The van der Waals surface area contributed by atoms with E-state index in [1.54, 1.807) is 24.0 Å². The number of carbonyl (C=O) groups is 2. The van der Waals surface area contributed by atoms with Crippen LogP contribution in [-0.4, -0.2) is 92.9 Å². The number of carbonyl (C=O) groups excluding carboxylic acids is 2. The molecule has 1 aromatic heterocycles. The molecule has 32 heavy (non-hydrogen) atoms. The van der Waals surface area contributed by atoms with E-state index in [2.05, 4.69) is 10.3 Å². The molecule has 1 aromatic rings. The third-order valence-electron chi connectivity index (χ3n) is 5.64. The largest absolute Gasteiger partial charge is 0.379 e. The number of morpholine rings is 1. The number of ether oxygens (including phenoxy) is 1. The van der Waals surface area contributed by atoms with Crippen LogP contribution in [0.25, 0.3) is 0 Å². The topological polar surface area (TPSA) is 112 Å². The number of hydrogen-bond acceptors (Lipinski definition) is 7. The van der Waals surface area contributed by atoms with Crippen LogP contribution in [0.1, 0.15) is 27.7 Å². The van der Waals surface area contributed by atoms with Gasteiger partial charge in [0.15, 0.2) is 0 Å². The van der Waals surface area contributed by atoms with Gasteiger partial charge in [-0.1, -0.05) is 20.8 Å². The van der Waals surface area contributed by atoms with E-state index in [0.717, 1.165) is 0 Å². The van der Waals surface area contributed by atoms with Crippen molar-refractivity contribution in [3.8, 4) is 0 Å². The van der Waals surface area contributed by atoms with E-state index in [1.807, 2.05) is 25.7 Å². The van der Waals surface area contributed by atoms with Gasteiger partial charge < -0.3 is 19.9 Å². The summed E-state index contributed by atoms with van der Waals surface area (Å²) in [7, 11) is -3.57. The third-order valence-corrected chi connectivity index (χ3v) is 7.53. The Kier molecular flexibility index (Phi) is 7.41. The lowest BCUT2D eigenvalue weighted by Gasteiger charge is -2.37. The van der Waals surface area contributed by atoms with Crippen LogP contribution >= 0.6 is 0 Å². The van der Waals surface area contributed by atoms with Crippen LogP contribution in [0.2, 0.25) is 0 Å². The van der Waals surface area contributed by atoms with Gasteiger partial charge >= 0.3 is 0 Å². The molecule has 0 bridgehead atoms. The van der Waals surface area contributed by atoms with Crippen molar-refractivity contribution in [1.29, 1.82) is 0 Å². The zero-order valence-electron chi connectivity index (χ0n) is 19.2. The van der Waals surface area contributed by atoms with E-state index in [4.69, 9.17) is 4.74 Å². The molecule has 2 aliphatic heterocycles. The van der Waals surface area contributed by atoms with Crippen molar-refractivity contribution in [1.82, 2.24) is 19.5 Å². The number of anilines is 1. The molecule has 3 rings (SSSR count). The van der Waals surface area contributed by atoms with Gasteiger partial charge in [0.2, 0.25) is 21.8 Å². The smallest absolute Gasteiger partial charge is 0.244 e. The van der Waals surface area contributed by atoms with E-state index in [0.29, 0.717) is 58.3 Å². The normalized spacial score (nSPS) is 19.5. The van der Waals surface area contributed by atoms with Crippen molar-refractivity contribution in [3.05, 3.63) is 18.3 Å². The zero-order chi connectivity index (χ0) is 23.5. The molecule has 178 valence electrons. The number of aromatic nitrogens is 1. The van der Waals surface area contributed by atoms with Crippen molar-refractivity contribution >= 4 is 27.7 Å². The fraction of sp³-hybridized carbons (Fsp3) is 0.667. The van der Waals surface area contributed by atoms with Crippen LogP contribution in [-0.2, 0) is 24.3 Å². The molecule has 3 heterocycles. The quantitative estimate of drug-likeness (QED) is 0.663. The van der Waals surface area contributed by atoms with Gasteiger partial charge in [-0.05, 0) is 19.1 Å². The summed E-state index contributed by atoms with van der Waals surface area (Å²) in [4.78, 5) is 33.1. The Labute approximate surface area is 190 Å². The molecule has 0 spiro atoms. The summed E-state index contributed by atoms with van der Waals surface area (Å²) in [6.45, 7) is 10.8. The molecule has 2 aliphatic rings. The molecule has 1 atom stereocenters. The van der Waals surface area contributed by atoms with E-state index >= 15 is 0 Å². The molecule has 0 radical (unpaired) electrons. The second kappa shape index (κ2) is 9.72. The second-order valence-corrected chi connectivity index (χ2v) is 11.1. The molecular weight excluding hydrogens is 434 g/mol. The van der Waals surface area contributed by atoms with Crippen molar-refractivity contribution in [2.45, 2.75) is 38.6 Å². The average molecular weight is 468 g/mol. The molecule has 2 amide bonds. The number of rotatable bonds is 5. The zero-order valence-corrected chi connectivity index (χ0v) is 20.0. The van der Waals surface area contributed by atoms with Crippen molar-refractivity contribution in [2.75, 3.05) is 57.4 Å². The summed E-state index contributed by atoms with van der Waals surface area (Å²) in [6, 6.07) is 2.70. The van der Waals surface area contributed by atoms with Crippen LogP contribution in [0.15, 0.2) is 23.2 Å². The maximum Gasteiger partial charge on any atom is 0.244 e. The maximum absolute atomic E-state index is 12.7. The lowest BCUT2D eigenvalue weighted by molar-refractivity contribution is -0.138. The lowest BCUT2D eigenvalue weighted by atomic mass is 9.95. The third kappa shape index (κ3) is 5.57. The highest BCUT2D eigenvalue weighted by molar-refractivity contribution is 7.89. The van der Waals surface area contributed by atoms with Gasteiger partial charge in [0.05, 0.1) is 13.2 Å². The van der Waals surface area contributed by atoms with E-state index in [9.17, 15) is 18.0 Å². The van der Waals surface area contributed by atoms with Gasteiger partial charge in [-0.2, -0.15) is 4.31 Å². The second-order valence-electron chi connectivity index (χ2n) is 9.13. The minimum atomic E-state index is -3.57. The van der Waals surface area contributed by atoms with Gasteiger partial charge in [0, 0.05) is 50.9 Å². The molecule has 0 saturated carbocycles. The Bertz CT molecular complexity index is 915. The van der Waals surface area contributed by atoms with Gasteiger partial charge in [0.25, 0.3) is 0 Å². The number of piperazine rings is 1. The Morgan fingerprint density at radius 3 is 2.22 bits per heavy atom. The number of nitrogens with zero attached hydrogens (tertiary/aromatic N) is 4. The number of nitrogens with one attached hydrogen (secondary N) is 1. The fourth-order valence-corrected chi connectivity index (χ4v) is 4.91. The Morgan fingerprint density at radius 2 is 1.69 bits per heavy atom. The molecule has 2 saturated heterocycles. The number of sulfonamides is 1. The average Bonchev–Trinajstić information content (AvgIpc) is 2.78. The summed E-state index contributed by atoms with van der Waals surface area (Å²) in [5.41, 5.74) is -0.555. The van der Waals surface area contributed by atoms with Gasteiger partial charge in [-0.25, -0.2) is 13.4 Å². The highest BCUT2D eigenvalue weighted by Crippen LogP contribution is 2.20. The number of amides is 2. The van der Waals surface area contributed by atoms with Crippen LogP contribution in [0.3, 0.4) is 0 Å². The van der Waals surface area contributed by atoms with Crippen molar-refractivity contribution in [2.24, 2.45) is 5.41 Å². The standard InChI is InChI=1S/C21H33N5O5S/c1-16(23-20(28)21(2,3)4)19(27)25-9-7-24(8-10-25)18-6-5-17(15-22-18)32(29,30)26-11-13-31-14-12-26/h5-6,15-16H,7-14H2,1-4H3,(H,23,28). The van der Waals surface area contributed by atoms with Gasteiger partial charge in [-0.15, -0.1) is 0 Å². The minimum absolute atomic E-state index is 0.109. The first-order chi connectivity index (χ1) is 15.0. The Morgan fingerprint density at radius 1 is 1.06 bits per heavy atom. The predicted octanol–water partition coefficient (Wildman–Crippen LogP) is 0.302. The van der Waals surface area contributed by atoms with E-state index in [-0.39, 0.29) is 16.7 Å². The molecule has 10 nitrogen and oxygen atoms in total. The van der Waals surface area contributed by atoms with Crippen molar-refractivity contribution < 1.29 is 22.7 Å². The summed E-state index contributed by atoms with van der Waals surface area (Å²) >= 11 is 0. The SMILES string of the molecule is CC(NC(=O)C(C)(C)C)C(=O)N1CCN(c2ccc(S(=O)(=O)N3CCOCC3)cn2)CC1. The molecule has 11 heteroatoms. The summed E-state index contributed by atoms with van der Waals surface area (Å²) in [5, 5.41) is 2.78. The Balaban J connectivity index is 1.56. The lowest BCUT2D eigenvalue weighted by Crippen LogP contribution is -2.55. The van der Waals surface area contributed by atoms with Crippen LogP contribution in [0.4, 0.5) is 5.82 Å².